The van der Waals surface area contributed by atoms with E-state index >= 15 is 0 Å². The molecule has 0 aromatic heterocycles. The summed E-state index contributed by atoms with van der Waals surface area (Å²) in [4.78, 5) is 5.50. The standard InChI is InChI=1S/C14H27N3/c1-12-9-16-8-3-2-5-13(16)10-17(12)14(11-15)6-4-7-14/h12-13H,2-11,15H2,1H3. The molecule has 17 heavy (non-hydrogen) atoms. The van der Waals surface area contributed by atoms with E-state index in [0.717, 1.165) is 12.6 Å². The normalized spacial score (nSPS) is 38.5. The van der Waals surface area contributed by atoms with Gasteiger partial charge in [-0.25, -0.2) is 0 Å². The molecule has 0 aromatic rings. The van der Waals surface area contributed by atoms with Gasteiger partial charge in [0.25, 0.3) is 0 Å². The van der Waals surface area contributed by atoms with Crippen molar-refractivity contribution in [2.45, 2.75) is 63.1 Å². The maximum Gasteiger partial charge on any atom is 0.0335 e. The third-order valence-electron chi connectivity index (χ3n) is 5.46. The van der Waals surface area contributed by atoms with Gasteiger partial charge in [0.2, 0.25) is 0 Å². The van der Waals surface area contributed by atoms with Crippen LogP contribution in [0.3, 0.4) is 0 Å². The minimum Gasteiger partial charge on any atom is -0.329 e. The number of piperazine rings is 1. The van der Waals surface area contributed by atoms with E-state index in [-0.39, 0.29) is 0 Å². The fourth-order valence-corrected chi connectivity index (χ4v) is 4.21. The molecule has 1 aliphatic carbocycles. The highest BCUT2D eigenvalue weighted by Crippen LogP contribution is 2.40. The second-order valence-corrected chi connectivity index (χ2v) is 6.43. The molecule has 3 nitrogen and oxygen atoms in total. The molecule has 2 unspecified atom stereocenters. The van der Waals surface area contributed by atoms with Gasteiger partial charge < -0.3 is 5.73 Å². The van der Waals surface area contributed by atoms with Crippen molar-refractivity contribution in [2.75, 3.05) is 26.2 Å². The quantitative estimate of drug-likeness (QED) is 0.788. The third kappa shape index (κ3) is 1.92. The molecular weight excluding hydrogens is 210 g/mol. The van der Waals surface area contributed by atoms with Crippen LogP contribution in [0, 0.1) is 0 Å². The lowest BCUT2D eigenvalue weighted by atomic mass is 9.73. The molecule has 1 saturated carbocycles. The molecule has 0 amide bonds. The monoisotopic (exact) mass is 237 g/mol. The van der Waals surface area contributed by atoms with Crippen LogP contribution in [0.5, 0.6) is 0 Å². The third-order valence-corrected chi connectivity index (χ3v) is 5.46. The van der Waals surface area contributed by atoms with Gasteiger partial charge in [-0.1, -0.05) is 6.42 Å². The van der Waals surface area contributed by atoms with Gasteiger partial charge in [-0.05, 0) is 45.6 Å². The van der Waals surface area contributed by atoms with Crippen molar-refractivity contribution in [3.05, 3.63) is 0 Å². The van der Waals surface area contributed by atoms with E-state index in [2.05, 4.69) is 16.7 Å². The van der Waals surface area contributed by atoms with Crippen LogP contribution in [0.4, 0.5) is 0 Å². The lowest BCUT2D eigenvalue weighted by molar-refractivity contribution is -0.0752. The molecule has 2 atom stereocenters. The second-order valence-electron chi connectivity index (χ2n) is 6.43. The molecular formula is C14H27N3. The highest BCUT2D eigenvalue weighted by atomic mass is 15.3. The first-order chi connectivity index (χ1) is 8.25. The van der Waals surface area contributed by atoms with Gasteiger partial charge in [-0.2, -0.15) is 0 Å². The van der Waals surface area contributed by atoms with Crippen LogP contribution in [0.15, 0.2) is 0 Å². The molecule has 3 fully saturated rings. The Morgan fingerprint density at radius 3 is 2.65 bits per heavy atom. The van der Waals surface area contributed by atoms with Crippen LogP contribution in [0.25, 0.3) is 0 Å². The zero-order chi connectivity index (χ0) is 11.9. The molecule has 0 spiro atoms. The van der Waals surface area contributed by atoms with Crippen LogP contribution in [-0.2, 0) is 0 Å². The first-order valence-corrected chi connectivity index (χ1v) is 7.46. The number of hydrogen-bond donors (Lipinski definition) is 1. The Kier molecular flexibility index (Phi) is 3.18. The average molecular weight is 237 g/mol. The largest absolute Gasteiger partial charge is 0.329 e. The van der Waals surface area contributed by atoms with Crippen molar-refractivity contribution in [3.63, 3.8) is 0 Å². The second kappa shape index (κ2) is 4.52. The Labute approximate surface area is 105 Å². The first kappa shape index (κ1) is 11.9. The van der Waals surface area contributed by atoms with Gasteiger partial charge in [-0.15, -0.1) is 0 Å². The lowest BCUT2D eigenvalue weighted by Crippen LogP contribution is -2.69. The molecule has 2 heterocycles. The maximum atomic E-state index is 6.07. The summed E-state index contributed by atoms with van der Waals surface area (Å²) >= 11 is 0. The van der Waals surface area contributed by atoms with E-state index < -0.39 is 0 Å². The van der Waals surface area contributed by atoms with Gasteiger partial charge in [0.05, 0.1) is 0 Å². The van der Waals surface area contributed by atoms with Crippen molar-refractivity contribution in [1.29, 1.82) is 0 Å². The van der Waals surface area contributed by atoms with E-state index in [1.54, 1.807) is 0 Å². The molecule has 0 aromatic carbocycles. The van der Waals surface area contributed by atoms with Gasteiger partial charge in [0.15, 0.2) is 0 Å². The number of fused-ring (bicyclic) bond motifs is 1. The average Bonchev–Trinajstić information content (AvgIpc) is 2.29. The summed E-state index contributed by atoms with van der Waals surface area (Å²) in [6.07, 6.45) is 8.30. The molecule has 2 saturated heterocycles. The van der Waals surface area contributed by atoms with E-state index in [0.29, 0.717) is 11.6 Å². The topological polar surface area (TPSA) is 32.5 Å². The Balaban J connectivity index is 1.72. The predicted molar refractivity (Wildman–Crippen MR) is 71.0 cm³/mol. The summed E-state index contributed by atoms with van der Waals surface area (Å²) in [6.45, 7) is 7.15. The van der Waals surface area contributed by atoms with Gasteiger partial charge in [-0.3, -0.25) is 9.80 Å². The highest BCUT2D eigenvalue weighted by Gasteiger charge is 2.46. The zero-order valence-corrected chi connectivity index (χ0v) is 11.2. The summed E-state index contributed by atoms with van der Waals surface area (Å²) in [7, 11) is 0. The lowest BCUT2D eigenvalue weighted by Gasteiger charge is -2.58. The fraction of sp³-hybridized carbons (Fsp3) is 1.00. The van der Waals surface area contributed by atoms with Gasteiger partial charge in [0.1, 0.15) is 0 Å². The minimum absolute atomic E-state index is 0.378. The van der Waals surface area contributed by atoms with Crippen LogP contribution < -0.4 is 5.73 Å². The number of piperidine rings is 1. The molecule has 2 aliphatic heterocycles. The Hall–Kier alpha value is -0.120. The Morgan fingerprint density at radius 1 is 1.18 bits per heavy atom. The van der Waals surface area contributed by atoms with Crippen LogP contribution in [-0.4, -0.2) is 53.6 Å². The van der Waals surface area contributed by atoms with E-state index in [1.165, 1.54) is 58.2 Å². The van der Waals surface area contributed by atoms with E-state index in [4.69, 9.17) is 5.73 Å². The molecule has 0 bridgehead atoms. The number of nitrogens with zero attached hydrogens (tertiary/aromatic N) is 2. The number of nitrogens with two attached hydrogens (primary N) is 1. The molecule has 0 radical (unpaired) electrons. The summed E-state index contributed by atoms with van der Waals surface area (Å²) in [5.41, 5.74) is 6.45. The SMILES string of the molecule is CC1CN2CCCCC2CN1C1(CN)CCC1. The summed E-state index contributed by atoms with van der Waals surface area (Å²) < 4.78 is 0. The zero-order valence-electron chi connectivity index (χ0n) is 11.2. The molecule has 3 heteroatoms. The van der Waals surface area contributed by atoms with E-state index in [1.807, 2.05) is 0 Å². The molecule has 98 valence electrons. The predicted octanol–water partition coefficient (Wildman–Crippen LogP) is 1.43. The van der Waals surface area contributed by atoms with Crippen molar-refractivity contribution in [2.24, 2.45) is 5.73 Å². The summed E-state index contributed by atoms with van der Waals surface area (Å²) in [5.74, 6) is 0. The van der Waals surface area contributed by atoms with Gasteiger partial charge in [0, 0.05) is 37.3 Å². The van der Waals surface area contributed by atoms with Crippen LogP contribution in [0.1, 0.15) is 45.4 Å². The number of hydrogen-bond acceptors (Lipinski definition) is 3. The molecule has 3 aliphatic rings. The first-order valence-electron chi connectivity index (χ1n) is 7.46. The molecule has 3 rings (SSSR count). The van der Waals surface area contributed by atoms with Crippen molar-refractivity contribution >= 4 is 0 Å². The van der Waals surface area contributed by atoms with Gasteiger partial charge >= 0.3 is 0 Å². The van der Waals surface area contributed by atoms with E-state index in [9.17, 15) is 0 Å². The van der Waals surface area contributed by atoms with Crippen LogP contribution >= 0.6 is 0 Å². The molecule has 2 N–H and O–H groups in total. The highest BCUT2D eigenvalue weighted by molar-refractivity contribution is 5.04. The fourth-order valence-electron chi connectivity index (χ4n) is 4.21. The summed E-state index contributed by atoms with van der Waals surface area (Å²) in [5, 5.41) is 0. The van der Waals surface area contributed by atoms with Crippen molar-refractivity contribution in [1.82, 2.24) is 9.80 Å². The smallest absolute Gasteiger partial charge is 0.0335 e. The van der Waals surface area contributed by atoms with Crippen molar-refractivity contribution in [3.8, 4) is 0 Å². The number of rotatable bonds is 2. The maximum absolute atomic E-state index is 6.07. The van der Waals surface area contributed by atoms with Crippen molar-refractivity contribution < 1.29 is 0 Å². The minimum atomic E-state index is 0.378. The summed E-state index contributed by atoms with van der Waals surface area (Å²) in [6, 6.07) is 1.53. The Morgan fingerprint density at radius 2 is 2.00 bits per heavy atom. The Bertz CT molecular complexity index is 269. The van der Waals surface area contributed by atoms with Crippen LogP contribution in [0.2, 0.25) is 0 Å².